The number of halogens is 2. The summed E-state index contributed by atoms with van der Waals surface area (Å²) in [7, 11) is 0. The molecule has 0 spiro atoms. The molecular formula is C14H15ClFN5. The van der Waals surface area contributed by atoms with Crippen LogP contribution in [0.2, 0.25) is 5.02 Å². The van der Waals surface area contributed by atoms with Crippen molar-refractivity contribution in [3.63, 3.8) is 0 Å². The molecule has 0 radical (unpaired) electrons. The van der Waals surface area contributed by atoms with E-state index in [-0.39, 0.29) is 5.02 Å². The van der Waals surface area contributed by atoms with Gasteiger partial charge in [-0.2, -0.15) is 0 Å². The summed E-state index contributed by atoms with van der Waals surface area (Å²) in [6, 6.07) is 6.37. The van der Waals surface area contributed by atoms with Crippen molar-refractivity contribution in [2.75, 3.05) is 24.1 Å². The molecule has 1 aliphatic rings. The third-order valence-electron chi connectivity index (χ3n) is 3.34. The SMILES string of the molecule is Nc1cc(NC2CCNC2)nc(-c2ccc(F)c(Cl)c2)n1. The van der Waals surface area contributed by atoms with Gasteiger partial charge in [0.05, 0.1) is 5.02 Å². The maximum atomic E-state index is 13.2. The molecule has 0 aliphatic carbocycles. The summed E-state index contributed by atoms with van der Waals surface area (Å²) in [5.41, 5.74) is 6.45. The number of aromatic nitrogens is 2. The van der Waals surface area contributed by atoms with Crippen LogP contribution in [-0.2, 0) is 0 Å². The highest BCUT2D eigenvalue weighted by Gasteiger charge is 2.15. The van der Waals surface area contributed by atoms with Crippen LogP contribution in [0.1, 0.15) is 6.42 Å². The minimum absolute atomic E-state index is 0.0352. The fourth-order valence-electron chi connectivity index (χ4n) is 2.29. The van der Waals surface area contributed by atoms with Gasteiger partial charge < -0.3 is 16.4 Å². The Morgan fingerprint density at radius 1 is 1.33 bits per heavy atom. The monoisotopic (exact) mass is 307 g/mol. The van der Waals surface area contributed by atoms with Gasteiger partial charge in [0.25, 0.3) is 0 Å². The van der Waals surface area contributed by atoms with Gasteiger partial charge in [-0.1, -0.05) is 11.6 Å². The second-order valence-corrected chi connectivity index (χ2v) is 5.37. The van der Waals surface area contributed by atoms with Crippen LogP contribution in [0.3, 0.4) is 0 Å². The number of nitrogens with one attached hydrogen (secondary N) is 2. The van der Waals surface area contributed by atoms with Crippen molar-refractivity contribution in [1.82, 2.24) is 15.3 Å². The van der Waals surface area contributed by atoms with Gasteiger partial charge >= 0.3 is 0 Å². The molecule has 1 fully saturated rings. The highest BCUT2D eigenvalue weighted by Crippen LogP contribution is 2.24. The zero-order valence-corrected chi connectivity index (χ0v) is 12.0. The van der Waals surface area contributed by atoms with Crippen molar-refractivity contribution in [3.05, 3.63) is 35.1 Å². The van der Waals surface area contributed by atoms with Crippen LogP contribution < -0.4 is 16.4 Å². The zero-order valence-electron chi connectivity index (χ0n) is 11.2. The van der Waals surface area contributed by atoms with Crippen molar-refractivity contribution < 1.29 is 4.39 Å². The standard InChI is InChI=1S/C14H15ClFN5/c15-10-5-8(1-2-11(10)16)14-20-12(17)6-13(21-14)19-9-3-4-18-7-9/h1-2,5-6,9,18H,3-4,7H2,(H3,17,19,20,21). The smallest absolute Gasteiger partial charge is 0.163 e. The number of nitrogens with two attached hydrogens (primary N) is 1. The second kappa shape index (κ2) is 5.83. The topological polar surface area (TPSA) is 75.9 Å². The van der Waals surface area contributed by atoms with E-state index < -0.39 is 5.82 Å². The first-order valence-electron chi connectivity index (χ1n) is 6.69. The fraction of sp³-hybridized carbons (Fsp3) is 0.286. The summed E-state index contributed by atoms with van der Waals surface area (Å²) in [5, 5.41) is 6.62. The Labute approximate surface area is 126 Å². The van der Waals surface area contributed by atoms with E-state index in [1.165, 1.54) is 12.1 Å². The number of rotatable bonds is 3. The molecule has 21 heavy (non-hydrogen) atoms. The molecule has 7 heteroatoms. The molecule has 1 aliphatic heterocycles. The molecule has 1 aromatic heterocycles. The lowest BCUT2D eigenvalue weighted by Gasteiger charge is -2.13. The summed E-state index contributed by atoms with van der Waals surface area (Å²) in [6.45, 7) is 1.88. The predicted molar refractivity (Wildman–Crippen MR) is 81.7 cm³/mol. The number of anilines is 2. The van der Waals surface area contributed by atoms with Crippen molar-refractivity contribution in [1.29, 1.82) is 0 Å². The van der Waals surface area contributed by atoms with Gasteiger partial charge in [0.2, 0.25) is 0 Å². The maximum Gasteiger partial charge on any atom is 0.163 e. The molecule has 1 saturated heterocycles. The quantitative estimate of drug-likeness (QED) is 0.811. The minimum atomic E-state index is -0.473. The van der Waals surface area contributed by atoms with Gasteiger partial charge in [0, 0.05) is 24.2 Å². The molecule has 1 atom stereocenters. The number of hydrogen-bond donors (Lipinski definition) is 3. The Bertz CT molecular complexity index is 658. The molecule has 5 nitrogen and oxygen atoms in total. The van der Waals surface area contributed by atoms with Gasteiger partial charge in [-0.25, -0.2) is 14.4 Å². The zero-order chi connectivity index (χ0) is 14.8. The van der Waals surface area contributed by atoms with E-state index in [9.17, 15) is 4.39 Å². The molecular weight excluding hydrogens is 293 g/mol. The molecule has 4 N–H and O–H groups in total. The van der Waals surface area contributed by atoms with Gasteiger partial charge in [0.15, 0.2) is 5.82 Å². The summed E-state index contributed by atoms with van der Waals surface area (Å²) >= 11 is 5.80. The number of hydrogen-bond acceptors (Lipinski definition) is 5. The molecule has 2 aromatic rings. The van der Waals surface area contributed by atoms with Crippen molar-refractivity contribution in [3.8, 4) is 11.4 Å². The van der Waals surface area contributed by atoms with E-state index in [4.69, 9.17) is 17.3 Å². The van der Waals surface area contributed by atoms with Gasteiger partial charge in [0.1, 0.15) is 17.5 Å². The third kappa shape index (κ3) is 3.22. The van der Waals surface area contributed by atoms with E-state index in [1.54, 1.807) is 12.1 Å². The Kier molecular flexibility index (Phi) is 3.90. The van der Waals surface area contributed by atoms with Crippen molar-refractivity contribution >= 4 is 23.2 Å². The first-order chi connectivity index (χ1) is 10.1. The summed E-state index contributed by atoms with van der Waals surface area (Å²) in [4.78, 5) is 8.61. The molecule has 0 saturated carbocycles. The lowest BCUT2D eigenvalue weighted by atomic mass is 10.2. The third-order valence-corrected chi connectivity index (χ3v) is 3.63. The lowest BCUT2D eigenvalue weighted by Crippen LogP contribution is -2.23. The Hall–Kier alpha value is -1.92. The average Bonchev–Trinajstić information content (AvgIpc) is 2.94. The molecule has 110 valence electrons. The van der Waals surface area contributed by atoms with E-state index in [2.05, 4.69) is 20.6 Å². The Morgan fingerprint density at radius 3 is 2.90 bits per heavy atom. The second-order valence-electron chi connectivity index (χ2n) is 4.96. The van der Waals surface area contributed by atoms with E-state index in [1.807, 2.05) is 0 Å². The normalized spacial score (nSPS) is 17.9. The number of nitrogens with zero attached hydrogens (tertiary/aromatic N) is 2. The Morgan fingerprint density at radius 2 is 2.19 bits per heavy atom. The van der Waals surface area contributed by atoms with Gasteiger partial charge in [-0.15, -0.1) is 0 Å². The average molecular weight is 308 g/mol. The highest BCUT2D eigenvalue weighted by atomic mass is 35.5. The van der Waals surface area contributed by atoms with Crippen LogP contribution >= 0.6 is 11.6 Å². The number of benzene rings is 1. The van der Waals surface area contributed by atoms with Crippen molar-refractivity contribution in [2.45, 2.75) is 12.5 Å². The van der Waals surface area contributed by atoms with Crippen LogP contribution in [0, 0.1) is 5.82 Å². The summed E-state index contributed by atoms with van der Waals surface area (Å²) in [6.07, 6.45) is 1.03. The van der Waals surface area contributed by atoms with E-state index >= 15 is 0 Å². The molecule has 2 heterocycles. The van der Waals surface area contributed by atoms with Gasteiger partial charge in [-0.05, 0) is 31.2 Å². The molecule has 0 amide bonds. The first kappa shape index (κ1) is 14.0. The predicted octanol–water partition coefficient (Wildman–Crippen LogP) is 2.29. The summed E-state index contributed by atoms with van der Waals surface area (Å²) in [5.74, 6) is 0.964. The largest absolute Gasteiger partial charge is 0.384 e. The number of nitrogen functional groups attached to an aromatic ring is 1. The lowest BCUT2D eigenvalue weighted by molar-refractivity contribution is 0.628. The van der Waals surface area contributed by atoms with Crippen LogP contribution in [-0.4, -0.2) is 29.1 Å². The minimum Gasteiger partial charge on any atom is -0.384 e. The molecule has 0 bridgehead atoms. The van der Waals surface area contributed by atoms with Crippen LogP contribution in [0.25, 0.3) is 11.4 Å². The molecule has 3 rings (SSSR count). The molecule has 1 aromatic carbocycles. The fourth-order valence-corrected chi connectivity index (χ4v) is 2.47. The first-order valence-corrected chi connectivity index (χ1v) is 7.07. The maximum absolute atomic E-state index is 13.2. The van der Waals surface area contributed by atoms with Crippen LogP contribution in [0.15, 0.2) is 24.3 Å². The summed E-state index contributed by atoms with van der Waals surface area (Å²) < 4.78 is 13.2. The van der Waals surface area contributed by atoms with Crippen molar-refractivity contribution in [2.24, 2.45) is 0 Å². The van der Waals surface area contributed by atoms with E-state index in [0.717, 1.165) is 19.5 Å². The Balaban J connectivity index is 1.90. The van der Waals surface area contributed by atoms with E-state index in [0.29, 0.717) is 29.1 Å². The highest BCUT2D eigenvalue weighted by molar-refractivity contribution is 6.31. The molecule has 1 unspecified atom stereocenters. The van der Waals surface area contributed by atoms with Gasteiger partial charge in [-0.3, -0.25) is 0 Å². The van der Waals surface area contributed by atoms with Crippen LogP contribution in [0.4, 0.5) is 16.0 Å². The van der Waals surface area contributed by atoms with Crippen LogP contribution in [0.5, 0.6) is 0 Å².